The number of fused-ring (bicyclic) bond motifs is 7. The van der Waals surface area contributed by atoms with Gasteiger partial charge in [0.25, 0.3) is 17.1 Å². The molecule has 19 aromatic rings. The maximum Gasteiger partial charge on any atom is 0.0463 e. The summed E-state index contributed by atoms with van der Waals surface area (Å²) in [6.45, 7) is 2.00. The Kier molecular flexibility index (Phi) is 42.2. The van der Waals surface area contributed by atoms with Gasteiger partial charge in [0, 0.05) is 119 Å². The first-order chi connectivity index (χ1) is 62.3. The molecule has 1 saturated heterocycles. The molecule has 14 nitrogen and oxygen atoms in total. The van der Waals surface area contributed by atoms with E-state index in [9.17, 15) is 30.3 Å². The predicted molar refractivity (Wildman–Crippen MR) is 583 cm³/mol. The van der Waals surface area contributed by atoms with Crippen molar-refractivity contribution in [2.45, 2.75) is 27.7 Å². The van der Waals surface area contributed by atoms with Gasteiger partial charge >= 0.3 is 43.8 Å². The number of anilines is 5. The molecule has 0 bridgehead atoms. The van der Waals surface area contributed by atoms with Crippen LogP contribution in [0, 0.1) is 33.9 Å². The maximum absolute atomic E-state index is 11.1. The minimum absolute atomic E-state index is 0. The van der Waals surface area contributed by atoms with Gasteiger partial charge in [0.15, 0.2) is 0 Å². The molecule has 131 heavy (non-hydrogen) atoms. The van der Waals surface area contributed by atoms with E-state index in [1.54, 1.807) is 42.5 Å². The van der Waals surface area contributed by atoms with Gasteiger partial charge in [-0.1, -0.05) is 355 Å². The molecule has 0 unspecified atom stereocenters. The monoisotopic (exact) mass is 2310 g/mol. The first-order valence-electron chi connectivity index (χ1n) is 40.0. The second kappa shape index (κ2) is 53.1. The van der Waals surface area contributed by atoms with Gasteiger partial charge in [-0.2, -0.15) is 0 Å². The number of halogens is 8. The summed E-state index contributed by atoms with van der Waals surface area (Å²) in [5.41, 5.74) is 10.4. The minimum atomic E-state index is -1.42. The number of hydrogen-bond donors (Lipinski definition) is 3. The third kappa shape index (κ3) is 28.7. The maximum atomic E-state index is 11.1. The van der Waals surface area contributed by atoms with Gasteiger partial charge in [0.1, 0.15) is 0 Å². The van der Waals surface area contributed by atoms with E-state index in [2.05, 4.69) is 313 Å². The van der Waals surface area contributed by atoms with Gasteiger partial charge in [-0.3, -0.25) is 30.3 Å². The van der Waals surface area contributed by atoms with Crippen molar-refractivity contribution < 1.29 is 31.0 Å². The smallest absolute Gasteiger partial charge is 0.0463 e. The first kappa shape index (κ1) is 104. The summed E-state index contributed by atoms with van der Waals surface area (Å²) in [7, 11) is 8.44. The molecule has 0 spiro atoms. The molecular weight excluding hydrogens is 2220 g/mol. The van der Waals surface area contributed by atoms with Crippen LogP contribution in [-0.2, 0) is 4.74 Å². The minimum Gasteiger partial charge on any atom is -0.355 e. The Morgan fingerprint density at radius 2 is 0.672 bits per heavy atom. The molecule has 0 aliphatic carbocycles. The van der Waals surface area contributed by atoms with E-state index in [-0.39, 0.29) is 51.6 Å². The molecule has 25 heteroatoms. The van der Waals surface area contributed by atoms with Crippen LogP contribution < -0.4 is 15.7 Å². The number of ether oxygens (including phenoxy) is 1. The van der Waals surface area contributed by atoms with Crippen molar-refractivity contribution in [3.63, 3.8) is 0 Å². The molecule has 0 atom stereocenters. The van der Waals surface area contributed by atoms with Crippen molar-refractivity contribution in [3.8, 4) is 22.3 Å². The molecule has 1 fully saturated rings. The fourth-order valence-corrected chi connectivity index (χ4v) is 16.9. The van der Waals surface area contributed by atoms with Crippen LogP contribution in [-0.4, -0.2) is 72.5 Å². The Bertz CT molecular complexity index is 6930. The zero-order valence-electron chi connectivity index (χ0n) is 68.7. The van der Waals surface area contributed by atoms with Gasteiger partial charge in [0.2, 0.25) is 0 Å². The molecule has 5 radical (unpaired) electrons. The zero-order chi connectivity index (χ0) is 90.3. The number of benzene rings is 19. The standard InChI is InChI=1S/C32H22N2O2.C16H10BrNO2.C16H13N.C10H8BBrO2.C10H6Br2.C10H7Br.C6H4INO2.C4H8O.2CH4.B.2ClH.Sn.H2/c35-34(36)26-19-17-24(18-20-26)27-21-22-32(30-15-7-6-14-29(27)30)33(25-11-2-1-3-12-25)31-16-8-10-23-9-4-5-13-28(23)31;17-16-10-9-13(14-3-1-2-4-15(14)16)11-5-7-12(8-6-11)18(19)20;1-2-9-14(10-3-1)17-16-12-6-8-13-7-4-5-11-15(13)16;12-10-6-5-9(11(13)14)7-3-1-2-4-8(7)10;11-9-5-6-10(12)8-4-2-1-3-7(8)9;11-10-7-3-5-8-4-1-2-6-9(8)10;7-5-1-3-6(4-2-5)8(9)10;1-2-4-5-3-1;;;;;;;/h1-22H;1-10H;1-12,17H;1-6,13-14H;1-6H;1-7H;1-4H;1-4H2;2*1H4;;2*1H;;1H/q;;;;;;;;;;;;;+2;/p-2/i;;;;;;;;;;;;;;1+1. The molecule has 1 aliphatic heterocycles. The number of rotatable bonds is 11. The molecule has 0 aromatic heterocycles. The van der Waals surface area contributed by atoms with Crippen LogP contribution >= 0.6 is 120 Å². The van der Waals surface area contributed by atoms with Crippen LogP contribution in [0.5, 0.6) is 0 Å². The van der Waals surface area contributed by atoms with Crippen LogP contribution in [0.3, 0.4) is 0 Å². The van der Waals surface area contributed by atoms with E-state index in [1.165, 1.54) is 80.2 Å². The molecule has 20 rings (SSSR count). The number of para-hydroxylation sites is 2. The number of nitrogens with one attached hydrogen (secondary N) is 1. The molecule has 0 saturated carbocycles. The number of nitrogens with zero attached hydrogens (tertiary/aromatic N) is 4. The van der Waals surface area contributed by atoms with Crippen molar-refractivity contribution >= 4 is 281 Å². The predicted octanol–water partition coefficient (Wildman–Crippen LogP) is 33.2. The fourth-order valence-electron chi connectivity index (χ4n) is 14.2. The third-order valence-electron chi connectivity index (χ3n) is 20.3. The van der Waals surface area contributed by atoms with Crippen LogP contribution in [0.4, 0.5) is 45.5 Å². The van der Waals surface area contributed by atoms with E-state index in [0.717, 1.165) is 122 Å². The summed E-state index contributed by atoms with van der Waals surface area (Å²) in [5.74, 6) is 0. The Labute approximate surface area is 839 Å². The van der Waals surface area contributed by atoms with Gasteiger partial charge in [-0.05, 0) is 232 Å². The van der Waals surface area contributed by atoms with E-state index >= 15 is 0 Å². The number of hydrogen-bond acceptors (Lipinski definition) is 11. The largest absolute Gasteiger partial charge is 0.355 e. The number of non-ortho nitro benzene ring substituents is 3. The topological polar surface area (TPSA) is 194 Å². The van der Waals surface area contributed by atoms with Crippen molar-refractivity contribution in [3.05, 3.63) is 463 Å². The Balaban J connectivity index is 0.000000195. The molecule has 657 valence electrons. The summed E-state index contributed by atoms with van der Waals surface area (Å²) in [6.07, 6.45) is 2.56. The van der Waals surface area contributed by atoms with E-state index < -0.39 is 30.9 Å². The van der Waals surface area contributed by atoms with Crippen LogP contribution in [0.25, 0.3) is 97.7 Å². The first-order valence-corrected chi connectivity index (χ1v) is 52.3. The van der Waals surface area contributed by atoms with E-state index in [4.69, 9.17) is 32.6 Å². The molecule has 0 amide bonds. The average molecular weight is 2310 g/mol. The fraction of sp³-hybridized carbons (Fsp3) is 0.0566. The van der Waals surface area contributed by atoms with Gasteiger partial charge in [0.05, 0.1) is 26.1 Å². The summed E-state index contributed by atoms with van der Waals surface area (Å²) in [5, 5.41) is 69.9. The van der Waals surface area contributed by atoms with Crippen LogP contribution in [0.15, 0.2) is 429 Å². The quantitative estimate of drug-likeness (QED) is 0.0483. The second-order valence-electron chi connectivity index (χ2n) is 28.3. The third-order valence-corrected chi connectivity index (χ3v) is 24.4. The van der Waals surface area contributed by atoms with Crippen molar-refractivity contribution in [1.29, 1.82) is 0 Å². The summed E-state index contributed by atoms with van der Waals surface area (Å²) in [4.78, 5) is 33.1. The summed E-state index contributed by atoms with van der Waals surface area (Å²) >= 11 is 18.8. The van der Waals surface area contributed by atoms with E-state index in [0.29, 0.717) is 5.46 Å². The molecule has 3 N–H and O–H groups in total. The zero-order valence-corrected chi connectivity index (χ0v) is 83.2. The van der Waals surface area contributed by atoms with Gasteiger partial charge in [-0.15, -0.1) is 0 Å². The molecule has 1 aliphatic rings. The Hall–Kier alpha value is -10.7. The normalized spacial score (nSPS) is 10.7. The second-order valence-corrected chi connectivity index (χ2v) is 38.1. The average Bonchev–Trinajstić information content (AvgIpc) is 0.847. The molecule has 1 heterocycles. The van der Waals surface area contributed by atoms with Crippen molar-refractivity contribution in [2.75, 3.05) is 23.4 Å². The number of nitro groups is 3. The summed E-state index contributed by atoms with van der Waals surface area (Å²) in [6, 6.07) is 133. The Morgan fingerprint density at radius 3 is 1.13 bits per heavy atom. The van der Waals surface area contributed by atoms with Crippen LogP contribution in [0.2, 0.25) is 0 Å². The number of nitro benzene ring substituents is 3. The van der Waals surface area contributed by atoms with Gasteiger partial charge < -0.3 is 25.0 Å². The van der Waals surface area contributed by atoms with E-state index in [1.807, 2.05) is 140 Å². The molecular formula is C106H88B2Br5Cl2IN5O9Sn. The van der Waals surface area contributed by atoms with Crippen LogP contribution in [0.1, 0.15) is 29.1 Å². The Morgan fingerprint density at radius 1 is 0.351 bits per heavy atom. The van der Waals surface area contributed by atoms with Crippen molar-refractivity contribution in [1.82, 2.24) is 0 Å². The van der Waals surface area contributed by atoms with Crippen molar-refractivity contribution in [2.24, 2.45) is 0 Å². The molecule has 19 aromatic carbocycles. The van der Waals surface area contributed by atoms with Gasteiger partial charge in [-0.25, -0.2) is 0 Å². The summed E-state index contributed by atoms with van der Waals surface area (Å²) < 4.78 is 11.4. The SMILES string of the molecule is Brc1ccc(Br)c2ccccc12.Brc1cccc2ccccc12.C.C.C1CCOC1.O=[N+]([O-])c1ccc(-c2ccc(Br)c3ccccc23)cc1.O=[N+]([O-])c1ccc(-c2ccc(N(c3ccccc3)c3cccc4ccccc34)c3ccccc23)cc1.O=[N+]([O-])c1ccc(I)cc1.OB(O)c1ccc(Br)c2ccccc12.[2HH].[B].[Cl][Sn][Cl].c1ccc(Nc2cccc3ccccc23)cc1.